The number of nitrogens with zero attached hydrogens (tertiary/aromatic N) is 4. The summed E-state index contributed by atoms with van der Waals surface area (Å²) in [7, 11) is 0. The van der Waals surface area contributed by atoms with E-state index in [0.29, 0.717) is 5.69 Å². The van der Waals surface area contributed by atoms with Crippen molar-refractivity contribution in [3.63, 3.8) is 0 Å². The number of benzene rings is 1. The van der Waals surface area contributed by atoms with Gasteiger partial charge in [0.05, 0.1) is 23.9 Å². The number of halogens is 3. The summed E-state index contributed by atoms with van der Waals surface area (Å²) in [6, 6.07) is 4.03. The number of carbonyl (C=O) groups excluding carboxylic acids is 1. The molecule has 2 heterocycles. The molecule has 1 unspecified atom stereocenters. The fourth-order valence-corrected chi connectivity index (χ4v) is 2.48. The standard InChI is InChI=1S/C15H15F3N4O2/c1-9(23)13-8-22(20-19-13)10-6-21(7-10)14(24)15(17,18)11-4-2-3-5-12(11)16/h2-5,8-10,23H,6-7H2,1H3. The van der Waals surface area contributed by atoms with E-state index in [1.54, 1.807) is 0 Å². The number of likely N-dealkylation sites (tertiary alicyclic amines) is 1. The first-order valence-electron chi connectivity index (χ1n) is 7.32. The van der Waals surface area contributed by atoms with Crippen molar-refractivity contribution in [2.45, 2.75) is 25.0 Å². The van der Waals surface area contributed by atoms with Crippen molar-refractivity contribution in [3.8, 4) is 0 Å². The summed E-state index contributed by atoms with van der Waals surface area (Å²) in [5.41, 5.74) is -0.577. The van der Waals surface area contributed by atoms with Crippen LogP contribution in [0, 0.1) is 5.82 Å². The first kappa shape index (κ1) is 16.4. The number of hydrogen-bond donors (Lipinski definition) is 1. The molecule has 1 saturated heterocycles. The number of aliphatic hydroxyl groups is 1. The Hall–Kier alpha value is -2.42. The smallest absolute Gasteiger partial charge is 0.352 e. The summed E-state index contributed by atoms with van der Waals surface area (Å²) >= 11 is 0. The fraction of sp³-hybridized carbons (Fsp3) is 0.400. The van der Waals surface area contributed by atoms with E-state index in [1.807, 2.05) is 0 Å². The molecule has 0 saturated carbocycles. The van der Waals surface area contributed by atoms with Gasteiger partial charge in [-0.3, -0.25) is 4.79 Å². The van der Waals surface area contributed by atoms with Crippen molar-refractivity contribution < 1.29 is 23.1 Å². The van der Waals surface area contributed by atoms with Crippen molar-refractivity contribution in [1.29, 1.82) is 0 Å². The third-order valence-corrected chi connectivity index (χ3v) is 3.96. The summed E-state index contributed by atoms with van der Waals surface area (Å²) in [5.74, 6) is -6.49. The second-order valence-electron chi connectivity index (χ2n) is 5.72. The highest BCUT2D eigenvalue weighted by Crippen LogP contribution is 2.35. The van der Waals surface area contributed by atoms with Gasteiger partial charge in [0, 0.05) is 13.1 Å². The largest absolute Gasteiger partial charge is 0.387 e. The molecule has 1 aromatic carbocycles. The van der Waals surface area contributed by atoms with Gasteiger partial charge < -0.3 is 10.0 Å². The molecule has 1 atom stereocenters. The Bertz CT molecular complexity index is 757. The number of rotatable bonds is 4. The van der Waals surface area contributed by atoms with Crippen LogP contribution in [-0.2, 0) is 10.7 Å². The van der Waals surface area contributed by atoms with Crippen molar-refractivity contribution in [1.82, 2.24) is 19.9 Å². The van der Waals surface area contributed by atoms with Gasteiger partial charge in [-0.25, -0.2) is 9.07 Å². The van der Waals surface area contributed by atoms with Crippen LogP contribution >= 0.6 is 0 Å². The highest BCUT2D eigenvalue weighted by Gasteiger charge is 2.49. The first-order valence-corrected chi connectivity index (χ1v) is 7.32. The summed E-state index contributed by atoms with van der Waals surface area (Å²) < 4.78 is 43.4. The number of aliphatic hydroxyl groups excluding tert-OH is 1. The first-order chi connectivity index (χ1) is 11.3. The van der Waals surface area contributed by atoms with Crippen molar-refractivity contribution in [3.05, 3.63) is 47.5 Å². The van der Waals surface area contributed by atoms with Crippen LogP contribution in [0.2, 0.25) is 0 Å². The Kier molecular flexibility index (Phi) is 4.04. The Labute approximate surface area is 135 Å². The zero-order valence-electron chi connectivity index (χ0n) is 12.7. The summed E-state index contributed by atoms with van der Waals surface area (Å²) in [6.07, 6.45) is 0.716. The van der Waals surface area contributed by atoms with Gasteiger partial charge in [-0.1, -0.05) is 17.3 Å². The van der Waals surface area contributed by atoms with Gasteiger partial charge in [0.1, 0.15) is 11.5 Å². The molecule has 0 bridgehead atoms. The van der Waals surface area contributed by atoms with Crippen molar-refractivity contribution in [2.24, 2.45) is 0 Å². The van der Waals surface area contributed by atoms with Crippen LogP contribution in [0.1, 0.15) is 30.3 Å². The lowest BCUT2D eigenvalue weighted by molar-refractivity contribution is -0.165. The zero-order valence-corrected chi connectivity index (χ0v) is 12.7. The van der Waals surface area contributed by atoms with Gasteiger partial charge in [-0.05, 0) is 19.1 Å². The van der Waals surface area contributed by atoms with Crippen LogP contribution in [0.3, 0.4) is 0 Å². The third kappa shape index (κ3) is 2.75. The molecule has 1 fully saturated rings. The second-order valence-corrected chi connectivity index (χ2v) is 5.72. The number of carbonyl (C=O) groups is 1. The Balaban J connectivity index is 1.68. The molecule has 1 aliphatic rings. The fourth-order valence-electron chi connectivity index (χ4n) is 2.48. The van der Waals surface area contributed by atoms with Gasteiger partial charge in [0.25, 0.3) is 5.91 Å². The van der Waals surface area contributed by atoms with E-state index in [0.717, 1.165) is 17.0 Å². The van der Waals surface area contributed by atoms with Crippen LogP contribution in [0.4, 0.5) is 13.2 Å². The topological polar surface area (TPSA) is 71.2 Å². The van der Waals surface area contributed by atoms with Crippen molar-refractivity contribution in [2.75, 3.05) is 13.1 Å². The summed E-state index contributed by atoms with van der Waals surface area (Å²) in [6.45, 7) is 1.57. The number of hydrogen-bond acceptors (Lipinski definition) is 4. The van der Waals surface area contributed by atoms with Crippen molar-refractivity contribution >= 4 is 5.91 Å². The molecule has 3 rings (SSSR count). The lowest BCUT2D eigenvalue weighted by atomic mass is 10.0. The molecular formula is C15H15F3N4O2. The molecular weight excluding hydrogens is 325 g/mol. The minimum atomic E-state index is -3.93. The maximum absolute atomic E-state index is 14.2. The summed E-state index contributed by atoms with van der Waals surface area (Å²) in [5, 5.41) is 17.0. The lowest BCUT2D eigenvalue weighted by Crippen LogP contribution is -2.55. The Morgan fingerprint density at radius 2 is 2.04 bits per heavy atom. The minimum absolute atomic E-state index is 0.0193. The normalized spacial score (nSPS) is 16.8. The number of amides is 1. The van der Waals surface area contributed by atoms with E-state index < -0.39 is 29.3 Å². The minimum Gasteiger partial charge on any atom is -0.387 e. The molecule has 6 nitrogen and oxygen atoms in total. The van der Waals surface area contributed by atoms with Crippen LogP contribution in [0.15, 0.2) is 30.5 Å². The van der Waals surface area contributed by atoms with Gasteiger partial charge in [0.2, 0.25) is 0 Å². The van der Waals surface area contributed by atoms with E-state index >= 15 is 0 Å². The molecule has 128 valence electrons. The molecule has 1 aliphatic heterocycles. The molecule has 1 amide bonds. The monoisotopic (exact) mass is 340 g/mol. The van der Waals surface area contributed by atoms with Crippen LogP contribution < -0.4 is 0 Å². The average molecular weight is 340 g/mol. The molecule has 2 aromatic rings. The molecule has 9 heteroatoms. The maximum atomic E-state index is 14.2. The Morgan fingerprint density at radius 1 is 1.38 bits per heavy atom. The van der Waals surface area contributed by atoms with Gasteiger partial charge in [0.15, 0.2) is 0 Å². The predicted octanol–water partition coefficient (Wildman–Crippen LogP) is 1.65. The van der Waals surface area contributed by atoms with E-state index in [9.17, 15) is 23.1 Å². The Morgan fingerprint density at radius 3 is 2.62 bits per heavy atom. The van der Waals surface area contributed by atoms with Gasteiger partial charge in [-0.2, -0.15) is 8.78 Å². The average Bonchev–Trinajstić information content (AvgIpc) is 2.95. The SMILES string of the molecule is CC(O)c1cn(C2CN(C(=O)C(F)(F)c3ccccc3F)C2)nn1. The predicted molar refractivity (Wildman–Crippen MR) is 76.6 cm³/mol. The zero-order chi connectivity index (χ0) is 17.5. The second kappa shape index (κ2) is 5.90. The van der Waals surface area contributed by atoms with E-state index in [-0.39, 0.29) is 19.1 Å². The highest BCUT2D eigenvalue weighted by atomic mass is 19.3. The van der Waals surface area contributed by atoms with E-state index in [4.69, 9.17) is 0 Å². The summed E-state index contributed by atoms with van der Waals surface area (Å²) in [4.78, 5) is 13.0. The number of alkyl halides is 2. The molecule has 1 N–H and O–H groups in total. The maximum Gasteiger partial charge on any atom is 0.352 e. The van der Waals surface area contributed by atoms with Crippen LogP contribution in [-0.4, -0.2) is 44.0 Å². The number of aromatic nitrogens is 3. The van der Waals surface area contributed by atoms with E-state index in [2.05, 4.69) is 10.3 Å². The van der Waals surface area contributed by atoms with Crippen LogP contribution in [0.25, 0.3) is 0 Å². The van der Waals surface area contributed by atoms with Gasteiger partial charge >= 0.3 is 5.92 Å². The molecule has 24 heavy (non-hydrogen) atoms. The molecule has 0 aliphatic carbocycles. The lowest BCUT2D eigenvalue weighted by Gasteiger charge is -2.40. The van der Waals surface area contributed by atoms with E-state index in [1.165, 1.54) is 29.9 Å². The third-order valence-electron chi connectivity index (χ3n) is 3.96. The van der Waals surface area contributed by atoms with Gasteiger partial charge in [-0.15, -0.1) is 5.10 Å². The van der Waals surface area contributed by atoms with Crippen LogP contribution in [0.5, 0.6) is 0 Å². The molecule has 0 radical (unpaired) electrons. The highest BCUT2D eigenvalue weighted by molar-refractivity contribution is 5.85. The molecule has 1 aromatic heterocycles. The quantitative estimate of drug-likeness (QED) is 0.919. The molecule has 0 spiro atoms.